The van der Waals surface area contributed by atoms with Crippen molar-refractivity contribution in [3.8, 4) is 0 Å². The molecule has 0 unspecified atom stereocenters. The molecule has 0 radical (unpaired) electrons. The molecular formula is C16H21N3O2. The summed E-state index contributed by atoms with van der Waals surface area (Å²) in [5.41, 5.74) is -0.180. The average molecular weight is 287 g/mol. The monoisotopic (exact) mass is 287 g/mol. The normalized spacial score (nSPS) is 11.6. The first-order valence-electron chi connectivity index (χ1n) is 7.22. The first kappa shape index (κ1) is 15.2. The van der Waals surface area contributed by atoms with Gasteiger partial charge in [0, 0.05) is 17.5 Å². The Labute approximate surface area is 124 Å². The number of hydrogen-bond acceptors (Lipinski definition) is 3. The van der Waals surface area contributed by atoms with Gasteiger partial charge in [0.1, 0.15) is 0 Å². The molecule has 0 saturated carbocycles. The SMILES string of the molecule is CCn1nc(C(=O)NC(C)(C)CC)c2ccccc2c1=O. The van der Waals surface area contributed by atoms with Crippen LogP contribution < -0.4 is 10.9 Å². The maximum Gasteiger partial charge on any atom is 0.274 e. The minimum Gasteiger partial charge on any atom is -0.346 e. The molecule has 0 saturated heterocycles. The van der Waals surface area contributed by atoms with E-state index in [0.717, 1.165) is 6.42 Å². The molecule has 1 N–H and O–H groups in total. The predicted molar refractivity (Wildman–Crippen MR) is 83.5 cm³/mol. The van der Waals surface area contributed by atoms with Gasteiger partial charge in [0.2, 0.25) is 0 Å². The summed E-state index contributed by atoms with van der Waals surface area (Å²) >= 11 is 0. The summed E-state index contributed by atoms with van der Waals surface area (Å²) in [5, 5.41) is 8.31. The highest BCUT2D eigenvalue weighted by molar-refractivity contribution is 6.05. The second-order valence-electron chi connectivity index (χ2n) is 5.71. The van der Waals surface area contributed by atoms with E-state index in [1.165, 1.54) is 4.68 Å². The number of fused-ring (bicyclic) bond motifs is 1. The van der Waals surface area contributed by atoms with E-state index < -0.39 is 0 Å². The molecular weight excluding hydrogens is 266 g/mol. The lowest BCUT2D eigenvalue weighted by Gasteiger charge is -2.24. The number of aromatic nitrogens is 2. The average Bonchev–Trinajstić information content (AvgIpc) is 2.47. The summed E-state index contributed by atoms with van der Waals surface area (Å²) in [5.74, 6) is -0.250. The highest BCUT2D eigenvalue weighted by Crippen LogP contribution is 2.15. The molecule has 5 nitrogen and oxygen atoms in total. The number of carbonyl (C=O) groups excluding carboxylic acids is 1. The Bertz CT molecular complexity index is 732. The number of amides is 1. The molecule has 0 fully saturated rings. The number of benzene rings is 1. The summed E-state index contributed by atoms with van der Waals surface area (Å²) in [4.78, 5) is 24.8. The minimum absolute atomic E-state index is 0.167. The molecule has 5 heteroatoms. The van der Waals surface area contributed by atoms with Crippen molar-refractivity contribution in [2.75, 3.05) is 0 Å². The van der Waals surface area contributed by atoms with Crippen LogP contribution in [0.25, 0.3) is 10.8 Å². The van der Waals surface area contributed by atoms with Crippen molar-refractivity contribution in [1.29, 1.82) is 0 Å². The number of aryl methyl sites for hydroxylation is 1. The number of carbonyl (C=O) groups is 1. The van der Waals surface area contributed by atoms with Crippen LogP contribution in [-0.2, 0) is 6.54 Å². The smallest absolute Gasteiger partial charge is 0.274 e. The fraction of sp³-hybridized carbons (Fsp3) is 0.438. The fourth-order valence-electron chi connectivity index (χ4n) is 2.07. The van der Waals surface area contributed by atoms with E-state index in [2.05, 4.69) is 10.4 Å². The Hall–Kier alpha value is -2.17. The minimum atomic E-state index is -0.312. The zero-order valence-electron chi connectivity index (χ0n) is 12.9. The molecule has 21 heavy (non-hydrogen) atoms. The van der Waals surface area contributed by atoms with Crippen LogP contribution in [0.5, 0.6) is 0 Å². The molecule has 0 atom stereocenters. The molecule has 1 aromatic carbocycles. The van der Waals surface area contributed by atoms with Crippen LogP contribution in [0.2, 0.25) is 0 Å². The van der Waals surface area contributed by atoms with Gasteiger partial charge in [-0.1, -0.05) is 25.1 Å². The lowest BCUT2D eigenvalue weighted by Crippen LogP contribution is -2.43. The number of nitrogens with zero attached hydrogens (tertiary/aromatic N) is 2. The third-order valence-electron chi connectivity index (χ3n) is 3.72. The lowest BCUT2D eigenvalue weighted by atomic mass is 10.0. The molecule has 0 spiro atoms. The Morgan fingerprint density at radius 1 is 1.24 bits per heavy atom. The van der Waals surface area contributed by atoms with Crippen molar-refractivity contribution >= 4 is 16.7 Å². The Kier molecular flexibility index (Phi) is 4.11. The quantitative estimate of drug-likeness (QED) is 0.938. The third kappa shape index (κ3) is 2.96. The van der Waals surface area contributed by atoms with Crippen LogP contribution in [0.1, 0.15) is 44.6 Å². The lowest BCUT2D eigenvalue weighted by molar-refractivity contribution is 0.0905. The van der Waals surface area contributed by atoms with Gasteiger partial charge in [0.25, 0.3) is 11.5 Å². The van der Waals surface area contributed by atoms with E-state index in [4.69, 9.17) is 0 Å². The second kappa shape index (κ2) is 5.68. The van der Waals surface area contributed by atoms with E-state index in [0.29, 0.717) is 23.0 Å². The van der Waals surface area contributed by atoms with Crippen molar-refractivity contribution in [3.05, 3.63) is 40.3 Å². The Morgan fingerprint density at radius 3 is 2.43 bits per heavy atom. The number of rotatable bonds is 4. The highest BCUT2D eigenvalue weighted by atomic mass is 16.2. The molecule has 2 aromatic rings. The molecule has 0 aliphatic carbocycles. The summed E-state index contributed by atoms with van der Waals surface area (Å²) < 4.78 is 1.33. The van der Waals surface area contributed by atoms with Crippen LogP contribution in [-0.4, -0.2) is 21.2 Å². The van der Waals surface area contributed by atoms with E-state index in [1.54, 1.807) is 18.2 Å². The van der Waals surface area contributed by atoms with Crippen LogP contribution in [0.4, 0.5) is 0 Å². The standard InChI is InChI=1S/C16H21N3O2/c1-5-16(3,4)17-14(20)13-11-9-7-8-10-12(11)15(21)19(6-2)18-13/h7-10H,5-6H2,1-4H3,(H,17,20). The Balaban J connectivity index is 2.61. The fourth-order valence-corrected chi connectivity index (χ4v) is 2.07. The number of hydrogen-bond donors (Lipinski definition) is 1. The second-order valence-corrected chi connectivity index (χ2v) is 5.71. The molecule has 1 aromatic heterocycles. The van der Waals surface area contributed by atoms with E-state index in [1.807, 2.05) is 33.8 Å². The molecule has 112 valence electrons. The van der Waals surface area contributed by atoms with Crippen LogP contribution in [0.15, 0.2) is 29.1 Å². The van der Waals surface area contributed by atoms with Crippen molar-refractivity contribution in [3.63, 3.8) is 0 Å². The van der Waals surface area contributed by atoms with Gasteiger partial charge < -0.3 is 5.32 Å². The topological polar surface area (TPSA) is 64.0 Å². The largest absolute Gasteiger partial charge is 0.346 e. The highest BCUT2D eigenvalue weighted by Gasteiger charge is 2.22. The molecule has 0 aliphatic rings. The van der Waals surface area contributed by atoms with E-state index in [-0.39, 0.29) is 17.0 Å². The molecule has 1 heterocycles. The van der Waals surface area contributed by atoms with Gasteiger partial charge in [-0.25, -0.2) is 4.68 Å². The van der Waals surface area contributed by atoms with Gasteiger partial charge in [0.05, 0.1) is 5.39 Å². The summed E-state index contributed by atoms with van der Waals surface area (Å²) in [7, 11) is 0. The van der Waals surface area contributed by atoms with Gasteiger partial charge in [0.15, 0.2) is 5.69 Å². The van der Waals surface area contributed by atoms with Crippen molar-refractivity contribution in [2.45, 2.75) is 46.2 Å². The molecule has 0 bridgehead atoms. The maximum absolute atomic E-state index is 12.5. The van der Waals surface area contributed by atoms with Crippen molar-refractivity contribution < 1.29 is 4.79 Å². The van der Waals surface area contributed by atoms with Crippen LogP contribution >= 0.6 is 0 Å². The zero-order chi connectivity index (χ0) is 15.6. The Morgan fingerprint density at radius 2 is 1.86 bits per heavy atom. The third-order valence-corrected chi connectivity index (χ3v) is 3.72. The predicted octanol–water partition coefficient (Wildman–Crippen LogP) is 2.33. The van der Waals surface area contributed by atoms with Crippen LogP contribution in [0, 0.1) is 0 Å². The van der Waals surface area contributed by atoms with E-state index >= 15 is 0 Å². The van der Waals surface area contributed by atoms with Gasteiger partial charge in [-0.3, -0.25) is 9.59 Å². The molecule has 1 amide bonds. The maximum atomic E-state index is 12.5. The van der Waals surface area contributed by atoms with E-state index in [9.17, 15) is 9.59 Å². The number of nitrogens with one attached hydrogen (secondary N) is 1. The summed E-state index contributed by atoms with van der Waals surface area (Å²) in [6.07, 6.45) is 0.810. The van der Waals surface area contributed by atoms with Gasteiger partial charge in [-0.15, -0.1) is 0 Å². The summed E-state index contributed by atoms with van der Waals surface area (Å²) in [6.45, 7) is 8.20. The van der Waals surface area contributed by atoms with Crippen molar-refractivity contribution in [1.82, 2.24) is 15.1 Å². The zero-order valence-corrected chi connectivity index (χ0v) is 12.9. The van der Waals surface area contributed by atoms with Crippen LogP contribution in [0.3, 0.4) is 0 Å². The summed E-state index contributed by atoms with van der Waals surface area (Å²) in [6, 6.07) is 7.09. The van der Waals surface area contributed by atoms with Crippen molar-refractivity contribution in [2.24, 2.45) is 0 Å². The van der Waals surface area contributed by atoms with Gasteiger partial charge in [-0.2, -0.15) is 5.10 Å². The van der Waals surface area contributed by atoms with Gasteiger partial charge >= 0.3 is 0 Å². The van der Waals surface area contributed by atoms with Gasteiger partial charge in [-0.05, 0) is 33.3 Å². The first-order valence-corrected chi connectivity index (χ1v) is 7.22. The first-order chi connectivity index (χ1) is 9.89. The molecule has 0 aliphatic heterocycles. The molecule has 2 rings (SSSR count).